The zero-order chi connectivity index (χ0) is 12.3. The molecular formula is C12H4Br2S4. The molecule has 18 heavy (non-hydrogen) atoms. The van der Waals surface area contributed by atoms with Gasteiger partial charge in [-0.25, -0.2) is 0 Å². The molecule has 90 valence electrons. The Morgan fingerprint density at radius 3 is 1.33 bits per heavy atom. The summed E-state index contributed by atoms with van der Waals surface area (Å²) in [6.45, 7) is 0. The van der Waals surface area contributed by atoms with Crippen LogP contribution in [0.2, 0.25) is 0 Å². The maximum atomic E-state index is 3.54. The van der Waals surface area contributed by atoms with Crippen molar-refractivity contribution in [2.75, 3.05) is 0 Å². The standard InChI is InChI=1S/C12H4Br2S4/c13-11-3-9-7(17-11)1-5(15-9)6-2-8-10(16-6)4-12(14)18-8/h1-4H. The third-order valence-electron chi connectivity index (χ3n) is 2.60. The Hall–Kier alpha value is 0.280. The first-order valence-corrected chi connectivity index (χ1v) is 9.92. The molecule has 0 spiro atoms. The summed E-state index contributed by atoms with van der Waals surface area (Å²) in [6, 6.07) is 9.03. The monoisotopic (exact) mass is 434 g/mol. The molecule has 6 heteroatoms. The highest BCUT2D eigenvalue weighted by molar-refractivity contribution is 9.11. The van der Waals surface area contributed by atoms with Crippen molar-refractivity contribution in [2.24, 2.45) is 0 Å². The molecule has 0 aliphatic heterocycles. The molecule has 0 aliphatic carbocycles. The van der Waals surface area contributed by atoms with Crippen molar-refractivity contribution < 1.29 is 0 Å². The first-order valence-electron chi connectivity index (χ1n) is 5.07. The normalized spacial score (nSPS) is 11.9. The lowest BCUT2D eigenvalue weighted by molar-refractivity contribution is 2.07. The molecule has 0 bridgehead atoms. The zero-order valence-electron chi connectivity index (χ0n) is 8.70. The largest absolute Gasteiger partial charge is 0.133 e. The number of hydrogen-bond acceptors (Lipinski definition) is 4. The predicted molar refractivity (Wildman–Crippen MR) is 93.8 cm³/mol. The van der Waals surface area contributed by atoms with Crippen molar-refractivity contribution in [3.63, 3.8) is 0 Å². The third-order valence-corrected chi connectivity index (χ3v) is 8.39. The van der Waals surface area contributed by atoms with E-state index < -0.39 is 0 Å². The lowest BCUT2D eigenvalue weighted by Gasteiger charge is -1.87. The SMILES string of the molecule is Brc1cc2sc(-c3cc4sc(Br)cc4s3)cc2s1. The minimum absolute atomic E-state index is 1.21. The van der Waals surface area contributed by atoms with Crippen LogP contribution >= 0.6 is 77.2 Å². The van der Waals surface area contributed by atoms with E-state index in [4.69, 9.17) is 0 Å². The zero-order valence-corrected chi connectivity index (χ0v) is 15.1. The first-order chi connectivity index (χ1) is 8.69. The summed E-state index contributed by atoms with van der Waals surface area (Å²) in [7, 11) is 0. The molecule has 4 aromatic heterocycles. The molecule has 4 aromatic rings. The van der Waals surface area contributed by atoms with Gasteiger partial charge in [0.15, 0.2) is 0 Å². The van der Waals surface area contributed by atoms with Crippen LogP contribution in [-0.4, -0.2) is 0 Å². The Bertz CT molecular complexity index is 726. The van der Waals surface area contributed by atoms with Gasteiger partial charge in [-0.2, -0.15) is 0 Å². The van der Waals surface area contributed by atoms with Gasteiger partial charge < -0.3 is 0 Å². The first kappa shape index (κ1) is 12.1. The molecule has 0 nitrogen and oxygen atoms in total. The Labute approximate surface area is 136 Å². The molecule has 0 unspecified atom stereocenters. The van der Waals surface area contributed by atoms with E-state index >= 15 is 0 Å². The van der Waals surface area contributed by atoms with E-state index in [-0.39, 0.29) is 0 Å². The molecule has 0 fully saturated rings. The topological polar surface area (TPSA) is 0 Å². The molecule has 0 atom stereocenters. The minimum atomic E-state index is 1.21. The van der Waals surface area contributed by atoms with Gasteiger partial charge in [-0.15, -0.1) is 45.3 Å². The van der Waals surface area contributed by atoms with Crippen LogP contribution in [0.3, 0.4) is 0 Å². The van der Waals surface area contributed by atoms with Crippen molar-refractivity contribution >= 4 is 96.0 Å². The summed E-state index contributed by atoms with van der Waals surface area (Å²) in [4.78, 5) is 2.77. The second-order valence-corrected chi connectivity index (χ2v) is 10.9. The van der Waals surface area contributed by atoms with Gasteiger partial charge in [0.1, 0.15) is 0 Å². The van der Waals surface area contributed by atoms with E-state index in [0.29, 0.717) is 0 Å². The summed E-state index contributed by atoms with van der Waals surface area (Å²) >= 11 is 14.4. The van der Waals surface area contributed by atoms with Crippen molar-refractivity contribution in [3.05, 3.63) is 31.8 Å². The fourth-order valence-corrected chi connectivity index (χ4v) is 7.98. The van der Waals surface area contributed by atoms with Crippen LogP contribution in [0, 0.1) is 0 Å². The van der Waals surface area contributed by atoms with Gasteiger partial charge >= 0.3 is 0 Å². The number of hydrogen-bond donors (Lipinski definition) is 0. The minimum Gasteiger partial charge on any atom is -0.133 e. The van der Waals surface area contributed by atoms with E-state index in [2.05, 4.69) is 56.1 Å². The van der Waals surface area contributed by atoms with Crippen LogP contribution in [0.4, 0.5) is 0 Å². The highest BCUT2D eigenvalue weighted by Gasteiger charge is 2.11. The molecule has 4 heterocycles. The second-order valence-electron chi connectivity index (χ2n) is 3.78. The average Bonchev–Trinajstić information content (AvgIpc) is 2.94. The summed E-state index contributed by atoms with van der Waals surface area (Å²) in [5, 5.41) is 0. The van der Waals surface area contributed by atoms with Gasteiger partial charge in [-0.1, -0.05) is 0 Å². The molecule has 0 saturated carbocycles. The van der Waals surface area contributed by atoms with Crippen molar-refractivity contribution in [3.8, 4) is 9.75 Å². The van der Waals surface area contributed by atoms with E-state index in [9.17, 15) is 0 Å². The third kappa shape index (κ3) is 1.94. The Morgan fingerprint density at radius 2 is 0.944 bits per heavy atom. The number of fused-ring (bicyclic) bond motifs is 2. The maximum absolute atomic E-state index is 3.54. The van der Waals surface area contributed by atoms with Crippen LogP contribution in [0.15, 0.2) is 31.8 Å². The van der Waals surface area contributed by atoms with Crippen molar-refractivity contribution in [1.29, 1.82) is 0 Å². The molecule has 0 radical (unpaired) electrons. The fraction of sp³-hybridized carbons (Fsp3) is 0. The molecular weight excluding hydrogens is 432 g/mol. The van der Waals surface area contributed by atoms with Gasteiger partial charge in [0, 0.05) is 28.6 Å². The summed E-state index contributed by atoms with van der Waals surface area (Å²) in [5.41, 5.74) is 0. The molecule has 0 saturated heterocycles. The molecule has 0 aliphatic rings. The van der Waals surface area contributed by atoms with Crippen molar-refractivity contribution in [1.82, 2.24) is 0 Å². The lowest BCUT2D eigenvalue weighted by atomic mass is 10.4. The van der Waals surface area contributed by atoms with E-state index in [1.165, 1.54) is 36.1 Å². The number of thiophene rings is 4. The Balaban J connectivity index is 1.89. The Kier molecular flexibility index (Phi) is 2.94. The average molecular weight is 436 g/mol. The highest BCUT2D eigenvalue weighted by Crippen LogP contribution is 2.45. The summed E-state index contributed by atoms with van der Waals surface area (Å²) < 4.78 is 7.93. The highest BCUT2D eigenvalue weighted by atomic mass is 79.9. The van der Waals surface area contributed by atoms with E-state index in [1.807, 2.05) is 22.7 Å². The summed E-state index contributed by atoms with van der Waals surface area (Å²) in [5.74, 6) is 0. The second kappa shape index (κ2) is 4.40. The van der Waals surface area contributed by atoms with Crippen LogP contribution < -0.4 is 0 Å². The van der Waals surface area contributed by atoms with Crippen LogP contribution in [-0.2, 0) is 0 Å². The lowest BCUT2D eigenvalue weighted by Crippen LogP contribution is -1.57. The Morgan fingerprint density at radius 1 is 0.556 bits per heavy atom. The smallest absolute Gasteiger partial charge is 0.0719 e. The van der Waals surface area contributed by atoms with Gasteiger partial charge in [0.2, 0.25) is 0 Å². The number of rotatable bonds is 1. The van der Waals surface area contributed by atoms with Gasteiger partial charge in [0.25, 0.3) is 0 Å². The maximum Gasteiger partial charge on any atom is 0.0719 e. The van der Waals surface area contributed by atoms with Crippen LogP contribution in [0.1, 0.15) is 0 Å². The van der Waals surface area contributed by atoms with Gasteiger partial charge in [-0.3, -0.25) is 0 Å². The van der Waals surface area contributed by atoms with Crippen LogP contribution in [0.5, 0.6) is 0 Å². The van der Waals surface area contributed by atoms with E-state index in [0.717, 1.165) is 0 Å². The number of halogens is 2. The molecule has 0 aromatic carbocycles. The predicted octanol–water partition coefficient (Wildman–Crippen LogP) is 7.43. The molecule has 4 rings (SSSR count). The van der Waals surface area contributed by atoms with Crippen molar-refractivity contribution in [2.45, 2.75) is 0 Å². The fourth-order valence-electron chi connectivity index (χ4n) is 1.86. The van der Waals surface area contributed by atoms with Gasteiger partial charge in [0.05, 0.1) is 7.57 Å². The van der Waals surface area contributed by atoms with Crippen LogP contribution in [0.25, 0.3) is 28.6 Å². The molecule has 0 amide bonds. The quantitative estimate of drug-likeness (QED) is 0.291. The van der Waals surface area contributed by atoms with E-state index in [1.54, 1.807) is 22.7 Å². The van der Waals surface area contributed by atoms with Gasteiger partial charge in [-0.05, 0) is 56.1 Å². The summed E-state index contributed by atoms with van der Waals surface area (Å²) in [6.07, 6.45) is 0. The molecule has 0 N–H and O–H groups in total.